The molecule has 0 N–H and O–H groups in total. The second-order valence-electron chi connectivity index (χ2n) is 4.91. The molecule has 2 aromatic rings. The van der Waals surface area contributed by atoms with E-state index in [0.717, 1.165) is 44.0 Å². The van der Waals surface area contributed by atoms with Crippen molar-refractivity contribution in [2.24, 2.45) is 0 Å². The molecule has 0 radical (unpaired) electrons. The summed E-state index contributed by atoms with van der Waals surface area (Å²) < 4.78 is 0. The maximum absolute atomic E-state index is 12.3. The Labute approximate surface area is 122 Å². The van der Waals surface area contributed by atoms with Crippen LogP contribution in [0.3, 0.4) is 0 Å². The van der Waals surface area contributed by atoms with E-state index in [1.807, 2.05) is 40.7 Å². The lowest BCUT2D eigenvalue weighted by atomic mass is 10.2. The number of carbonyl (C=O) groups excluding carboxylic acids is 1. The van der Waals surface area contributed by atoms with Gasteiger partial charge in [-0.05, 0) is 12.1 Å². The van der Waals surface area contributed by atoms with E-state index in [9.17, 15) is 4.79 Å². The molecule has 0 saturated carbocycles. The zero-order valence-electron chi connectivity index (χ0n) is 11.2. The molecule has 0 bridgehead atoms. The first kappa shape index (κ1) is 13.3. The number of carbonyl (C=O) groups is 1. The smallest absolute Gasteiger partial charge is 0.253 e. The summed E-state index contributed by atoms with van der Waals surface area (Å²) in [5.41, 5.74) is 3.77. The minimum atomic E-state index is 0.138. The number of thiazole rings is 1. The number of piperazine rings is 1. The third-order valence-corrected chi connectivity index (χ3v) is 4.18. The van der Waals surface area contributed by atoms with Gasteiger partial charge in [0.05, 0.1) is 11.2 Å². The number of amides is 1. The summed E-state index contributed by atoms with van der Waals surface area (Å²) in [6, 6.07) is 9.51. The minimum Gasteiger partial charge on any atom is -0.336 e. The average Bonchev–Trinajstić information content (AvgIpc) is 3.01. The fourth-order valence-electron chi connectivity index (χ4n) is 2.42. The van der Waals surface area contributed by atoms with E-state index < -0.39 is 0 Å². The van der Waals surface area contributed by atoms with Crippen LogP contribution in [-0.2, 0) is 6.54 Å². The summed E-state index contributed by atoms with van der Waals surface area (Å²) in [6.45, 7) is 4.29. The van der Waals surface area contributed by atoms with Gasteiger partial charge in [-0.3, -0.25) is 9.69 Å². The molecule has 1 aliphatic heterocycles. The van der Waals surface area contributed by atoms with Gasteiger partial charge in [0.15, 0.2) is 0 Å². The predicted molar refractivity (Wildman–Crippen MR) is 79.7 cm³/mol. The Morgan fingerprint density at radius 3 is 2.55 bits per heavy atom. The normalized spacial score (nSPS) is 16.3. The summed E-state index contributed by atoms with van der Waals surface area (Å²) in [5, 5.41) is 2.08. The lowest BCUT2D eigenvalue weighted by Crippen LogP contribution is -2.48. The van der Waals surface area contributed by atoms with Gasteiger partial charge in [-0.1, -0.05) is 18.2 Å². The first-order chi connectivity index (χ1) is 9.83. The van der Waals surface area contributed by atoms with Crippen LogP contribution >= 0.6 is 11.3 Å². The second-order valence-corrected chi connectivity index (χ2v) is 5.63. The van der Waals surface area contributed by atoms with Gasteiger partial charge in [0.2, 0.25) is 0 Å². The fourth-order valence-corrected chi connectivity index (χ4v) is 2.97. The number of nitrogens with zero attached hydrogens (tertiary/aromatic N) is 3. The van der Waals surface area contributed by atoms with Crippen LogP contribution in [0.2, 0.25) is 0 Å². The molecule has 20 heavy (non-hydrogen) atoms. The van der Waals surface area contributed by atoms with E-state index in [-0.39, 0.29) is 5.91 Å². The molecule has 1 saturated heterocycles. The van der Waals surface area contributed by atoms with Gasteiger partial charge in [0.25, 0.3) is 5.91 Å². The molecule has 1 aromatic carbocycles. The SMILES string of the molecule is O=C(c1ccccc1)N1CCN(Cc2cscn2)CC1. The standard InChI is InChI=1S/C15H17N3OS/c19-15(13-4-2-1-3-5-13)18-8-6-17(7-9-18)10-14-11-20-12-16-14/h1-5,11-12H,6-10H2. The van der Waals surface area contributed by atoms with E-state index in [1.54, 1.807) is 11.3 Å². The van der Waals surface area contributed by atoms with Gasteiger partial charge < -0.3 is 4.90 Å². The molecule has 1 fully saturated rings. The van der Waals surface area contributed by atoms with E-state index >= 15 is 0 Å². The Hall–Kier alpha value is -1.72. The van der Waals surface area contributed by atoms with Crippen molar-refractivity contribution in [2.75, 3.05) is 26.2 Å². The van der Waals surface area contributed by atoms with Crippen LogP contribution in [0.15, 0.2) is 41.2 Å². The van der Waals surface area contributed by atoms with E-state index in [2.05, 4.69) is 15.3 Å². The van der Waals surface area contributed by atoms with Gasteiger partial charge in [0, 0.05) is 43.7 Å². The van der Waals surface area contributed by atoms with Crippen LogP contribution in [0.1, 0.15) is 16.1 Å². The third kappa shape index (κ3) is 3.05. The largest absolute Gasteiger partial charge is 0.336 e. The summed E-state index contributed by atoms with van der Waals surface area (Å²) in [4.78, 5) is 20.9. The summed E-state index contributed by atoms with van der Waals surface area (Å²) >= 11 is 1.63. The Balaban J connectivity index is 1.55. The van der Waals surface area contributed by atoms with Crippen molar-refractivity contribution in [1.29, 1.82) is 0 Å². The van der Waals surface area contributed by atoms with Crippen LogP contribution in [0, 0.1) is 0 Å². The van der Waals surface area contributed by atoms with Gasteiger partial charge in [-0.25, -0.2) is 4.98 Å². The monoisotopic (exact) mass is 287 g/mol. The highest BCUT2D eigenvalue weighted by Gasteiger charge is 2.22. The third-order valence-electron chi connectivity index (χ3n) is 3.55. The van der Waals surface area contributed by atoms with Crippen LogP contribution in [0.5, 0.6) is 0 Å². The molecular weight excluding hydrogens is 270 g/mol. The first-order valence-corrected chi connectivity index (χ1v) is 7.71. The highest BCUT2D eigenvalue weighted by molar-refractivity contribution is 7.07. The minimum absolute atomic E-state index is 0.138. The van der Waals surface area contributed by atoms with Gasteiger partial charge >= 0.3 is 0 Å². The molecule has 1 aromatic heterocycles. The number of hydrogen-bond donors (Lipinski definition) is 0. The van der Waals surface area contributed by atoms with E-state index in [4.69, 9.17) is 0 Å². The second kappa shape index (κ2) is 6.15. The summed E-state index contributed by atoms with van der Waals surface area (Å²) in [6.07, 6.45) is 0. The van der Waals surface area contributed by atoms with Gasteiger partial charge in [-0.15, -0.1) is 11.3 Å². The number of aromatic nitrogens is 1. The maximum atomic E-state index is 12.3. The predicted octanol–water partition coefficient (Wildman–Crippen LogP) is 2.10. The Bertz CT molecular complexity index is 548. The summed E-state index contributed by atoms with van der Waals surface area (Å²) in [5.74, 6) is 0.138. The van der Waals surface area contributed by atoms with Gasteiger partial charge in [0.1, 0.15) is 0 Å². The van der Waals surface area contributed by atoms with E-state index in [1.165, 1.54) is 0 Å². The van der Waals surface area contributed by atoms with Crippen molar-refractivity contribution in [2.45, 2.75) is 6.54 Å². The van der Waals surface area contributed by atoms with Crippen molar-refractivity contribution in [3.05, 3.63) is 52.5 Å². The highest BCUT2D eigenvalue weighted by atomic mass is 32.1. The molecule has 0 aliphatic carbocycles. The van der Waals surface area contributed by atoms with Gasteiger partial charge in [-0.2, -0.15) is 0 Å². The lowest BCUT2D eigenvalue weighted by molar-refractivity contribution is 0.0627. The molecule has 0 atom stereocenters. The Kier molecular flexibility index (Phi) is 4.08. The summed E-state index contributed by atoms with van der Waals surface area (Å²) in [7, 11) is 0. The molecule has 0 unspecified atom stereocenters. The first-order valence-electron chi connectivity index (χ1n) is 6.76. The van der Waals surface area contributed by atoms with Crippen molar-refractivity contribution >= 4 is 17.2 Å². The van der Waals surface area contributed by atoms with Crippen LogP contribution in [-0.4, -0.2) is 46.9 Å². The topological polar surface area (TPSA) is 36.4 Å². The maximum Gasteiger partial charge on any atom is 0.253 e. The van der Waals surface area contributed by atoms with Crippen molar-refractivity contribution < 1.29 is 4.79 Å². The zero-order chi connectivity index (χ0) is 13.8. The molecule has 104 valence electrons. The number of benzene rings is 1. The Morgan fingerprint density at radius 1 is 1.15 bits per heavy atom. The molecule has 2 heterocycles. The average molecular weight is 287 g/mol. The molecule has 1 amide bonds. The van der Waals surface area contributed by atoms with Crippen molar-refractivity contribution in [1.82, 2.24) is 14.8 Å². The lowest BCUT2D eigenvalue weighted by Gasteiger charge is -2.34. The Morgan fingerprint density at radius 2 is 1.90 bits per heavy atom. The molecule has 0 spiro atoms. The van der Waals surface area contributed by atoms with E-state index in [0.29, 0.717) is 0 Å². The quantitative estimate of drug-likeness (QED) is 0.867. The van der Waals surface area contributed by atoms with Crippen LogP contribution in [0.25, 0.3) is 0 Å². The fraction of sp³-hybridized carbons (Fsp3) is 0.333. The highest BCUT2D eigenvalue weighted by Crippen LogP contribution is 2.11. The van der Waals surface area contributed by atoms with Crippen molar-refractivity contribution in [3.63, 3.8) is 0 Å². The molecule has 4 nitrogen and oxygen atoms in total. The number of hydrogen-bond acceptors (Lipinski definition) is 4. The van der Waals surface area contributed by atoms with Crippen LogP contribution in [0.4, 0.5) is 0 Å². The van der Waals surface area contributed by atoms with Crippen molar-refractivity contribution in [3.8, 4) is 0 Å². The number of rotatable bonds is 3. The van der Waals surface area contributed by atoms with Crippen LogP contribution < -0.4 is 0 Å². The molecule has 1 aliphatic rings. The zero-order valence-corrected chi connectivity index (χ0v) is 12.1. The molecule has 5 heteroatoms. The molecule has 3 rings (SSSR count). The molecular formula is C15H17N3OS.